The first-order valence-electron chi connectivity index (χ1n) is 6.40. The summed E-state index contributed by atoms with van der Waals surface area (Å²) in [5, 5.41) is 0. The van der Waals surface area contributed by atoms with Gasteiger partial charge in [0.25, 0.3) is 0 Å². The minimum atomic E-state index is -5.15. The molecular weight excluding hydrogens is 321 g/mol. The number of halogens is 3. The Morgan fingerprint density at radius 2 is 1.77 bits per heavy atom. The molecule has 0 unspecified atom stereocenters. The molecule has 0 fully saturated rings. The van der Waals surface area contributed by atoms with Crippen molar-refractivity contribution < 1.29 is 73.8 Å². The van der Waals surface area contributed by atoms with Crippen molar-refractivity contribution in [2.45, 2.75) is 6.42 Å². The van der Waals surface area contributed by atoms with Crippen LogP contribution in [0.4, 0.5) is 12.9 Å². The second-order valence-electron chi connectivity index (χ2n) is 4.43. The minimum Gasteiger partial charge on any atom is -0.497 e. The number of nitrogens with zero attached hydrogens (tertiary/aromatic N) is 1. The molecule has 22 heavy (non-hydrogen) atoms. The quantitative estimate of drug-likeness (QED) is 0.684. The fourth-order valence-electron chi connectivity index (χ4n) is 1.87. The van der Waals surface area contributed by atoms with Crippen LogP contribution in [-0.2, 0) is 6.42 Å². The SMILES string of the molecule is COc1ccc(OCCc2ccncc2)c([B-](F)(F)F)c1.[K+]. The average Bonchev–Trinajstić information content (AvgIpc) is 2.47. The molecule has 0 aliphatic heterocycles. The van der Waals surface area contributed by atoms with Gasteiger partial charge in [-0.1, -0.05) is 5.46 Å². The smallest absolute Gasteiger partial charge is 0.497 e. The Kier molecular flexibility index (Phi) is 7.92. The molecule has 0 bridgehead atoms. The Balaban J connectivity index is 0.00000242. The van der Waals surface area contributed by atoms with Crippen molar-refractivity contribution in [2.75, 3.05) is 13.7 Å². The number of hydrogen-bond acceptors (Lipinski definition) is 3. The Labute approximate surface area is 169 Å². The molecule has 2 aromatic rings. The first-order valence-corrected chi connectivity index (χ1v) is 6.40. The van der Waals surface area contributed by atoms with E-state index in [4.69, 9.17) is 9.47 Å². The van der Waals surface area contributed by atoms with E-state index >= 15 is 0 Å². The van der Waals surface area contributed by atoms with Gasteiger partial charge in [0.1, 0.15) is 5.75 Å². The fourth-order valence-corrected chi connectivity index (χ4v) is 1.87. The van der Waals surface area contributed by atoms with Gasteiger partial charge >= 0.3 is 58.4 Å². The number of aromatic nitrogens is 1. The third kappa shape index (κ3) is 5.59. The van der Waals surface area contributed by atoms with E-state index in [9.17, 15) is 12.9 Å². The zero-order valence-electron chi connectivity index (χ0n) is 12.4. The van der Waals surface area contributed by atoms with Gasteiger partial charge in [0.2, 0.25) is 0 Å². The number of ether oxygens (including phenoxy) is 2. The first-order chi connectivity index (χ1) is 10.0. The molecule has 1 aromatic carbocycles. The molecule has 1 heterocycles. The van der Waals surface area contributed by atoms with Crippen molar-refractivity contribution in [1.29, 1.82) is 0 Å². The fraction of sp³-hybridized carbons (Fsp3) is 0.214. The number of benzene rings is 1. The largest absolute Gasteiger partial charge is 1.00 e. The van der Waals surface area contributed by atoms with E-state index in [0.717, 1.165) is 11.6 Å². The van der Waals surface area contributed by atoms with Crippen LogP contribution >= 0.6 is 0 Å². The van der Waals surface area contributed by atoms with E-state index in [1.165, 1.54) is 19.2 Å². The zero-order chi connectivity index (χ0) is 15.3. The van der Waals surface area contributed by atoms with Gasteiger partial charge in [0, 0.05) is 18.8 Å². The second-order valence-corrected chi connectivity index (χ2v) is 4.43. The van der Waals surface area contributed by atoms with Gasteiger partial charge in [0.05, 0.1) is 19.5 Å². The van der Waals surface area contributed by atoms with Gasteiger partial charge in [-0.15, -0.1) is 0 Å². The molecular formula is C14H14BF3KNO2. The molecule has 112 valence electrons. The molecule has 0 spiro atoms. The molecule has 0 atom stereocenters. The molecule has 0 radical (unpaired) electrons. The third-order valence-electron chi connectivity index (χ3n) is 2.97. The van der Waals surface area contributed by atoms with Gasteiger partial charge < -0.3 is 22.4 Å². The summed E-state index contributed by atoms with van der Waals surface area (Å²) in [6.07, 6.45) is 3.78. The van der Waals surface area contributed by atoms with E-state index in [-0.39, 0.29) is 69.5 Å². The third-order valence-corrected chi connectivity index (χ3v) is 2.97. The summed E-state index contributed by atoms with van der Waals surface area (Å²) in [6, 6.07) is 7.29. The van der Waals surface area contributed by atoms with Crippen LogP contribution in [0.5, 0.6) is 11.5 Å². The van der Waals surface area contributed by atoms with E-state index in [1.807, 2.05) is 0 Å². The van der Waals surface area contributed by atoms with Crippen molar-refractivity contribution in [1.82, 2.24) is 4.98 Å². The summed E-state index contributed by atoms with van der Waals surface area (Å²) in [7, 11) is 1.33. The maximum absolute atomic E-state index is 13.0. The maximum atomic E-state index is 13.0. The number of hydrogen-bond donors (Lipinski definition) is 0. The molecule has 8 heteroatoms. The summed E-state index contributed by atoms with van der Waals surface area (Å²) in [6.45, 7) is -4.99. The van der Waals surface area contributed by atoms with E-state index < -0.39 is 12.4 Å². The Morgan fingerprint density at radius 3 is 2.36 bits per heavy atom. The Bertz CT molecular complexity index is 596. The van der Waals surface area contributed by atoms with Gasteiger partial charge in [-0.25, -0.2) is 0 Å². The van der Waals surface area contributed by atoms with Gasteiger partial charge in [-0.2, -0.15) is 0 Å². The van der Waals surface area contributed by atoms with E-state index in [2.05, 4.69) is 4.98 Å². The van der Waals surface area contributed by atoms with Crippen LogP contribution in [0.15, 0.2) is 42.7 Å². The summed E-state index contributed by atoms with van der Waals surface area (Å²) in [5.41, 5.74) is 0.182. The normalized spacial score (nSPS) is 10.7. The molecule has 2 rings (SSSR count). The second kappa shape index (κ2) is 8.93. The average molecular weight is 335 g/mol. The van der Waals surface area contributed by atoms with Gasteiger partial charge in [0.15, 0.2) is 0 Å². The summed E-state index contributed by atoms with van der Waals surface area (Å²) >= 11 is 0. The Hall–Kier alpha value is -0.539. The van der Waals surface area contributed by atoms with Crippen molar-refractivity contribution in [3.8, 4) is 11.5 Å². The van der Waals surface area contributed by atoms with Crippen molar-refractivity contribution in [2.24, 2.45) is 0 Å². The molecule has 0 saturated heterocycles. The van der Waals surface area contributed by atoms with Crippen LogP contribution in [0.2, 0.25) is 0 Å². The molecule has 0 aliphatic carbocycles. The molecule has 0 saturated carbocycles. The topological polar surface area (TPSA) is 31.4 Å². The van der Waals surface area contributed by atoms with E-state index in [1.54, 1.807) is 24.5 Å². The molecule has 0 aliphatic rings. The van der Waals surface area contributed by atoms with Gasteiger partial charge in [-0.05, 0) is 35.9 Å². The summed E-state index contributed by atoms with van der Waals surface area (Å²) < 4.78 is 49.2. The molecule has 3 nitrogen and oxygen atoms in total. The van der Waals surface area contributed by atoms with Crippen molar-refractivity contribution in [3.05, 3.63) is 48.3 Å². The molecule has 0 amide bonds. The number of rotatable bonds is 6. The van der Waals surface area contributed by atoms with Crippen LogP contribution in [0, 0.1) is 0 Å². The summed E-state index contributed by atoms with van der Waals surface area (Å²) in [4.78, 5) is 3.88. The number of methoxy groups -OCH3 is 1. The zero-order valence-corrected chi connectivity index (χ0v) is 15.6. The minimum absolute atomic E-state index is 0. The standard InChI is InChI=1S/C14H14BF3NO2.K/c1-20-12-2-3-14(13(10-12)15(16,17)18)21-9-6-11-4-7-19-8-5-11;/h2-5,7-8,10H,6,9H2,1H3;/q-1;+1. The maximum Gasteiger partial charge on any atom is 1.00 e. The Morgan fingerprint density at radius 1 is 1.09 bits per heavy atom. The first kappa shape index (κ1) is 19.5. The monoisotopic (exact) mass is 335 g/mol. The van der Waals surface area contributed by atoms with Crippen LogP contribution in [0.1, 0.15) is 5.56 Å². The van der Waals surface area contributed by atoms with Crippen LogP contribution < -0.4 is 66.3 Å². The van der Waals surface area contributed by atoms with Gasteiger partial charge in [-0.3, -0.25) is 4.98 Å². The van der Waals surface area contributed by atoms with Crippen molar-refractivity contribution >= 4 is 12.4 Å². The predicted molar refractivity (Wildman–Crippen MR) is 75.1 cm³/mol. The van der Waals surface area contributed by atoms with E-state index in [0.29, 0.717) is 6.42 Å². The molecule has 0 N–H and O–H groups in total. The van der Waals surface area contributed by atoms with Crippen LogP contribution in [-0.4, -0.2) is 25.7 Å². The number of pyridine rings is 1. The summed E-state index contributed by atoms with van der Waals surface area (Å²) in [5.74, 6) is -0.0111. The van der Waals surface area contributed by atoms with Crippen LogP contribution in [0.3, 0.4) is 0 Å². The van der Waals surface area contributed by atoms with Crippen molar-refractivity contribution in [3.63, 3.8) is 0 Å². The predicted octanol–water partition coefficient (Wildman–Crippen LogP) is -0.230. The molecule has 1 aromatic heterocycles. The van der Waals surface area contributed by atoms with Crippen LogP contribution in [0.25, 0.3) is 0 Å².